The molecular weight excluding hydrogens is 284 g/mol. The molecule has 0 spiro atoms. The maximum absolute atomic E-state index is 5.98. The SMILES string of the molecule is CCCN(CC)CCNC(=NC)NCc1cccc(Cl)c1. The number of hydrogen-bond acceptors (Lipinski definition) is 2. The predicted octanol–water partition coefficient (Wildman–Crippen LogP) is 2.74. The van der Waals surface area contributed by atoms with Gasteiger partial charge in [0.05, 0.1) is 0 Å². The van der Waals surface area contributed by atoms with Crippen LogP contribution >= 0.6 is 11.6 Å². The lowest BCUT2D eigenvalue weighted by molar-refractivity contribution is 0.293. The molecule has 0 radical (unpaired) electrons. The van der Waals surface area contributed by atoms with Crippen molar-refractivity contribution < 1.29 is 0 Å². The van der Waals surface area contributed by atoms with E-state index >= 15 is 0 Å². The minimum Gasteiger partial charge on any atom is -0.355 e. The molecule has 21 heavy (non-hydrogen) atoms. The first-order chi connectivity index (χ1) is 10.2. The summed E-state index contributed by atoms with van der Waals surface area (Å²) in [4.78, 5) is 6.66. The Kier molecular flexibility index (Phi) is 8.87. The summed E-state index contributed by atoms with van der Waals surface area (Å²) in [7, 11) is 1.79. The minimum atomic E-state index is 0.715. The summed E-state index contributed by atoms with van der Waals surface area (Å²) in [5, 5.41) is 7.40. The molecule has 5 heteroatoms. The summed E-state index contributed by atoms with van der Waals surface area (Å²) in [6, 6.07) is 7.85. The number of likely N-dealkylation sites (N-methyl/N-ethyl adjacent to an activating group) is 1. The van der Waals surface area contributed by atoms with Gasteiger partial charge in [0.2, 0.25) is 0 Å². The second-order valence-corrected chi connectivity index (χ2v) is 5.35. The summed E-state index contributed by atoms with van der Waals surface area (Å²) >= 11 is 5.98. The molecule has 4 nitrogen and oxygen atoms in total. The van der Waals surface area contributed by atoms with Crippen LogP contribution < -0.4 is 10.6 Å². The number of nitrogens with one attached hydrogen (secondary N) is 2. The van der Waals surface area contributed by atoms with Crippen molar-refractivity contribution in [2.75, 3.05) is 33.2 Å². The highest BCUT2D eigenvalue weighted by Gasteiger charge is 2.02. The lowest BCUT2D eigenvalue weighted by Crippen LogP contribution is -2.41. The highest BCUT2D eigenvalue weighted by atomic mass is 35.5. The van der Waals surface area contributed by atoms with Crippen molar-refractivity contribution >= 4 is 17.6 Å². The van der Waals surface area contributed by atoms with E-state index in [1.807, 2.05) is 24.3 Å². The van der Waals surface area contributed by atoms with E-state index in [0.717, 1.165) is 42.7 Å². The van der Waals surface area contributed by atoms with Gasteiger partial charge in [-0.1, -0.05) is 37.6 Å². The standard InChI is InChI=1S/C16H27ClN4/c1-4-10-21(5-2)11-9-19-16(18-3)20-13-14-7-6-8-15(17)12-14/h6-8,12H,4-5,9-11,13H2,1-3H3,(H2,18,19,20). The normalized spacial score (nSPS) is 11.8. The first-order valence-electron chi connectivity index (χ1n) is 7.60. The van der Waals surface area contributed by atoms with E-state index in [2.05, 4.69) is 34.4 Å². The average molecular weight is 311 g/mol. The lowest BCUT2D eigenvalue weighted by Gasteiger charge is -2.20. The smallest absolute Gasteiger partial charge is 0.191 e. The number of benzene rings is 1. The summed E-state index contributed by atoms with van der Waals surface area (Å²) in [6.45, 7) is 9.28. The van der Waals surface area contributed by atoms with Gasteiger partial charge in [0, 0.05) is 31.7 Å². The Labute approximate surface area is 133 Å². The van der Waals surface area contributed by atoms with Crippen molar-refractivity contribution in [1.29, 1.82) is 0 Å². The Morgan fingerprint density at radius 2 is 2.05 bits per heavy atom. The zero-order valence-electron chi connectivity index (χ0n) is 13.3. The molecule has 0 aliphatic rings. The molecule has 0 bridgehead atoms. The van der Waals surface area contributed by atoms with Gasteiger partial charge in [-0.05, 0) is 37.2 Å². The van der Waals surface area contributed by atoms with Crippen LogP contribution in [-0.2, 0) is 6.54 Å². The number of rotatable bonds is 8. The fourth-order valence-corrected chi connectivity index (χ4v) is 2.34. The number of nitrogens with zero attached hydrogens (tertiary/aromatic N) is 2. The summed E-state index contributed by atoms with van der Waals surface area (Å²) in [6.07, 6.45) is 1.19. The highest BCUT2D eigenvalue weighted by molar-refractivity contribution is 6.30. The molecule has 0 saturated heterocycles. The van der Waals surface area contributed by atoms with Gasteiger partial charge in [0.15, 0.2) is 5.96 Å². The van der Waals surface area contributed by atoms with Crippen molar-refractivity contribution in [3.63, 3.8) is 0 Å². The molecule has 2 N–H and O–H groups in total. The van der Waals surface area contributed by atoms with Gasteiger partial charge in [-0.2, -0.15) is 0 Å². The van der Waals surface area contributed by atoms with Crippen LogP contribution in [-0.4, -0.2) is 44.1 Å². The largest absolute Gasteiger partial charge is 0.355 e. The molecular formula is C16H27ClN4. The molecule has 0 aromatic heterocycles. The molecule has 0 fully saturated rings. The van der Waals surface area contributed by atoms with E-state index in [1.54, 1.807) is 7.05 Å². The summed E-state index contributed by atoms with van der Waals surface area (Å²) in [5.41, 5.74) is 1.15. The third-order valence-corrected chi connectivity index (χ3v) is 3.52. The minimum absolute atomic E-state index is 0.715. The first-order valence-corrected chi connectivity index (χ1v) is 7.98. The maximum Gasteiger partial charge on any atom is 0.191 e. The van der Waals surface area contributed by atoms with Crippen molar-refractivity contribution in [3.8, 4) is 0 Å². The molecule has 0 unspecified atom stereocenters. The van der Waals surface area contributed by atoms with Gasteiger partial charge in [-0.25, -0.2) is 0 Å². The van der Waals surface area contributed by atoms with Crippen LogP contribution in [0.2, 0.25) is 5.02 Å². The number of guanidine groups is 1. The van der Waals surface area contributed by atoms with E-state index in [9.17, 15) is 0 Å². The van der Waals surface area contributed by atoms with Gasteiger partial charge in [0.25, 0.3) is 0 Å². The number of halogens is 1. The molecule has 0 heterocycles. The lowest BCUT2D eigenvalue weighted by atomic mass is 10.2. The van der Waals surface area contributed by atoms with E-state index in [0.29, 0.717) is 6.54 Å². The third-order valence-electron chi connectivity index (χ3n) is 3.28. The topological polar surface area (TPSA) is 39.7 Å². The Balaban J connectivity index is 2.32. The van der Waals surface area contributed by atoms with Crippen LogP contribution in [0, 0.1) is 0 Å². The van der Waals surface area contributed by atoms with Crippen molar-refractivity contribution in [2.45, 2.75) is 26.8 Å². The van der Waals surface area contributed by atoms with Gasteiger partial charge >= 0.3 is 0 Å². The molecule has 1 aromatic rings. The summed E-state index contributed by atoms with van der Waals surface area (Å²) in [5.74, 6) is 0.822. The second kappa shape index (κ2) is 10.5. The van der Waals surface area contributed by atoms with Crippen LogP contribution in [0.25, 0.3) is 0 Å². The Bertz CT molecular complexity index is 434. The Morgan fingerprint density at radius 3 is 2.67 bits per heavy atom. The molecule has 1 aromatic carbocycles. The van der Waals surface area contributed by atoms with Gasteiger partial charge < -0.3 is 15.5 Å². The quantitative estimate of drug-likeness (QED) is 0.573. The molecule has 0 aliphatic carbocycles. The van der Waals surface area contributed by atoms with E-state index in [4.69, 9.17) is 11.6 Å². The van der Waals surface area contributed by atoms with E-state index in [-0.39, 0.29) is 0 Å². The number of aliphatic imine (C=N–C) groups is 1. The van der Waals surface area contributed by atoms with Crippen molar-refractivity contribution in [3.05, 3.63) is 34.9 Å². The zero-order valence-corrected chi connectivity index (χ0v) is 14.1. The van der Waals surface area contributed by atoms with Crippen molar-refractivity contribution in [2.24, 2.45) is 4.99 Å². The van der Waals surface area contributed by atoms with E-state index < -0.39 is 0 Å². The molecule has 0 amide bonds. The zero-order chi connectivity index (χ0) is 15.5. The summed E-state index contributed by atoms with van der Waals surface area (Å²) < 4.78 is 0. The first kappa shape index (κ1) is 17.8. The van der Waals surface area contributed by atoms with E-state index in [1.165, 1.54) is 6.42 Å². The fourth-order valence-electron chi connectivity index (χ4n) is 2.13. The number of hydrogen-bond donors (Lipinski definition) is 2. The van der Waals surface area contributed by atoms with Crippen LogP contribution in [0.3, 0.4) is 0 Å². The van der Waals surface area contributed by atoms with Crippen LogP contribution in [0.1, 0.15) is 25.8 Å². The molecule has 0 saturated carbocycles. The molecule has 0 atom stereocenters. The highest BCUT2D eigenvalue weighted by Crippen LogP contribution is 2.10. The Hall–Kier alpha value is -1.26. The monoisotopic (exact) mass is 310 g/mol. The maximum atomic E-state index is 5.98. The molecule has 118 valence electrons. The van der Waals surface area contributed by atoms with Gasteiger partial charge in [-0.3, -0.25) is 4.99 Å². The van der Waals surface area contributed by atoms with Crippen molar-refractivity contribution in [1.82, 2.24) is 15.5 Å². The van der Waals surface area contributed by atoms with Gasteiger partial charge in [-0.15, -0.1) is 0 Å². The average Bonchev–Trinajstić information content (AvgIpc) is 2.49. The molecule has 0 aliphatic heterocycles. The van der Waals surface area contributed by atoms with Crippen LogP contribution in [0.4, 0.5) is 0 Å². The second-order valence-electron chi connectivity index (χ2n) is 4.92. The third kappa shape index (κ3) is 7.34. The van der Waals surface area contributed by atoms with Crippen LogP contribution in [0.5, 0.6) is 0 Å². The molecule has 1 rings (SSSR count). The van der Waals surface area contributed by atoms with Gasteiger partial charge in [0.1, 0.15) is 0 Å². The van der Waals surface area contributed by atoms with Crippen LogP contribution in [0.15, 0.2) is 29.3 Å². The predicted molar refractivity (Wildman–Crippen MR) is 92.1 cm³/mol. The Morgan fingerprint density at radius 1 is 1.24 bits per heavy atom. The fraction of sp³-hybridized carbons (Fsp3) is 0.562.